The molecule has 0 saturated heterocycles. The Morgan fingerprint density at radius 2 is 2.07 bits per heavy atom. The molecule has 3 rings (SSSR count). The summed E-state index contributed by atoms with van der Waals surface area (Å²) in [6, 6.07) is 8.14. The molecule has 6 nitrogen and oxygen atoms in total. The fourth-order valence-corrected chi connectivity index (χ4v) is 3.30. The molecule has 0 fully saturated rings. The Balaban J connectivity index is 1.72. The molecule has 1 N–H and O–H groups in total. The Kier molecular flexibility index (Phi) is 5.66. The van der Waals surface area contributed by atoms with Gasteiger partial charge in [-0.1, -0.05) is 18.2 Å². The average molecular weight is 388 g/mol. The van der Waals surface area contributed by atoms with E-state index in [-0.39, 0.29) is 12.0 Å². The van der Waals surface area contributed by atoms with E-state index >= 15 is 0 Å². The highest BCUT2D eigenvalue weighted by Gasteiger charge is 2.26. The first-order valence-corrected chi connectivity index (χ1v) is 8.98. The number of hydrogen-bond acceptors (Lipinski definition) is 6. The number of carbonyl (C=O) groups excluding carboxylic acids is 2. The van der Waals surface area contributed by atoms with Crippen molar-refractivity contribution in [1.29, 1.82) is 0 Å². The van der Waals surface area contributed by atoms with Crippen LogP contribution in [0.4, 0.5) is 4.39 Å². The first-order valence-electron chi connectivity index (χ1n) is 8.10. The standard InChI is InChI=1S/C19H17FN2O4S/c1-11-7-8-15(26-11)18-21-12(10-27-18)9-16(23)22-17(19(24)25-2)13-5-3-4-6-14(13)20/h3-8,10,17H,9H2,1-2H3,(H,22,23). The second-order valence-electron chi connectivity index (χ2n) is 5.78. The number of esters is 1. The molecule has 0 bridgehead atoms. The van der Waals surface area contributed by atoms with E-state index in [4.69, 9.17) is 9.15 Å². The van der Waals surface area contributed by atoms with Crippen LogP contribution < -0.4 is 5.32 Å². The molecule has 140 valence electrons. The van der Waals surface area contributed by atoms with Gasteiger partial charge in [-0.2, -0.15) is 0 Å². The summed E-state index contributed by atoms with van der Waals surface area (Å²) in [5, 5.41) is 4.91. The number of amides is 1. The van der Waals surface area contributed by atoms with Crippen LogP contribution in [0.15, 0.2) is 46.2 Å². The maximum Gasteiger partial charge on any atom is 0.333 e. The molecule has 0 aliphatic rings. The van der Waals surface area contributed by atoms with Crippen LogP contribution in [0, 0.1) is 12.7 Å². The van der Waals surface area contributed by atoms with Crippen molar-refractivity contribution in [3.63, 3.8) is 0 Å². The van der Waals surface area contributed by atoms with Crippen LogP contribution in [0.5, 0.6) is 0 Å². The molecule has 8 heteroatoms. The molecule has 2 aromatic heterocycles. The first kappa shape index (κ1) is 18.8. The zero-order chi connectivity index (χ0) is 19.4. The van der Waals surface area contributed by atoms with E-state index in [2.05, 4.69) is 10.3 Å². The number of benzene rings is 1. The lowest BCUT2D eigenvalue weighted by Gasteiger charge is -2.17. The van der Waals surface area contributed by atoms with E-state index in [9.17, 15) is 14.0 Å². The van der Waals surface area contributed by atoms with Gasteiger partial charge in [0.15, 0.2) is 16.8 Å². The van der Waals surface area contributed by atoms with Gasteiger partial charge in [-0.25, -0.2) is 14.2 Å². The first-order chi connectivity index (χ1) is 13.0. The van der Waals surface area contributed by atoms with Crippen molar-refractivity contribution in [2.45, 2.75) is 19.4 Å². The third-order valence-electron chi connectivity index (χ3n) is 3.80. The summed E-state index contributed by atoms with van der Waals surface area (Å²) in [5.74, 6) is -0.426. The zero-order valence-electron chi connectivity index (χ0n) is 14.7. The van der Waals surface area contributed by atoms with Crippen LogP contribution >= 0.6 is 11.3 Å². The molecule has 1 unspecified atom stereocenters. The number of aromatic nitrogens is 1. The molecule has 0 saturated carbocycles. The molecule has 2 heterocycles. The minimum Gasteiger partial charge on any atom is -0.467 e. The van der Waals surface area contributed by atoms with Gasteiger partial charge in [0.1, 0.15) is 11.6 Å². The van der Waals surface area contributed by atoms with Crippen LogP contribution in [0.1, 0.15) is 23.1 Å². The van der Waals surface area contributed by atoms with Crippen LogP contribution in [0.2, 0.25) is 0 Å². The van der Waals surface area contributed by atoms with Gasteiger partial charge in [-0.05, 0) is 25.1 Å². The minimum absolute atomic E-state index is 0.0442. The summed E-state index contributed by atoms with van der Waals surface area (Å²) >= 11 is 1.35. The summed E-state index contributed by atoms with van der Waals surface area (Å²) in [7, 11) is 1.18. The van der Waals surface area contributed by atoms with Crippen molar-refractivity contribution < 1.29 is 23.1 Å². The topological polar surface area (TPSA) is 81.4 Å². The lowest BCUT2D eigenvalue weighted by Crippen LogP contribution is -2.36. The van der Waals surface area contributed by atoms with Crippen LogP contribution in [0.25, 0.3) is 10.8 Å². The van der Waals surface area contributed by atoms with E-state index in [0.717, 1.165) is 5.76 Å². The second-order valence-corrected chi connectivity index (χ2v) is 6.63. The van der Waals surface area contributed by atoms with Gasteiger partial charge < -0.3 is 14.5 Å². The minimum atomic E-state index is -1.23. The Bertz CT molecular complexity index is 966. The molecular weight excluding hydrogens is 371 g/mol. The number of carbonyl (C=O) groups is 2. The predicted molar refractivity (Wildman–Crippen MR) is 97.6 cm³/mol. The molecule has 1 aromatic carbocycles. The lowest BCUT2D eigenvalue weighted by molar-refractivity contribution is -0.145. The average Bonchev–Trinajstić information content (AvgIpc) is 3.28. The second kappa shape index (κ2) is 8.13. The van der Waals surface area contributed by atoms with E-state index in [1.807, 2.05) is 19.1 Å². The molecular formula is C19H17FN2O4S. The highest BCUT2D eigenvalue weighted by Crippen LogP contribution is 2.26. The number of nitrogens with one attached hydrogen (secondary N) is 1. The number of furan rings is 1. The Morgan fingerprint density at radius 3 is 2.74 bits per heavy atom. The zero-order valence-corrected chi connectivity index (χ0v) is 15.5. The summed E-state index contributed by atoms with van der Waals surface area (Å²) in [6.07, 6.45) is -0.0574. The van der Waals surface area contributed by atoms with Crippen molar-refractivity contribution >= 4 is 23.2 Å². The molecule has 1 amide bonds. The number of nitrogens with zero attached hydrogens (tertiary/aromatic N) is 1. The van der Waals surface area contributed by atoms with Crippen molar-refractivity contribution in [3.8, 4) is 10.8 Å². The maximum atomic E-state index is 14.0. The molecule has 27 heavy (non-hydrogen) atoms. The van der Waals surface area contributed by atoms with Crippen molar-refractivity contribution in [1.82, 2.24) is 10.3 Å². The Labute approximate surface area is 159 Å². The van der Waals surface area contributed by atoms with Gasteiger partial charge >= 0.3 is 5.97 Å². The van der Waals surface area contributed by atoms with Crippen LogP contribution in [-0.4, -0.2) is 24.0 Å². The largest absolute Gasteiger partial charge is 0.467 e. The molecule has 0 aliphatic carbocycles. The Hall–Kier alpha value is -3.00. The van der Waals surface area contributed by atoms with Gasteiger partial charge in [0.25, 0.3) is 0 Å². The van der Waals surface area contributed by atoms with E-state index < -0.39 is 23.7 Å². The summed E-state index contributed by atoms with van der Waals surface area (Å²) < 4.78 is 24.2. The van der Waals surface area contributed by atoms with Crippen LogP contribution in [-0.2, 0) is 20.7 Å². The Morgan fingerprint density at radius 1 is 1.30 bits per heavy atom. The maximum absolute atomic E-state index is 14.0. The third kappa shape index (κ3) is 4.40. The molecule has 1 atom stereocenters. The molecule has 0 spiro atoms. The number of aryl methyl sites for hydroxylation is 1. The SMILES string of the molecule is COC(=O)C(NC(=O)Cc1csc(-c2ccc(C)o2)n1)c1ccccc1F. The van der Waals surface area contributed by atoms with E-state index in [1.54, 1.807) is 11.4 Å². The summed E-state index contributed by atoms with van der Waals surface area (Å²) in [5.41, 5.74) is 0.571. The van der Waals surface area contributed by atoms with Gasteiger partial charge in [0.2, 0.25) is 5.91 Å². The molecule has 0 radical (unpaired) electrons. The predicted octanol–water partition coefficient (Wildman–Crippen LogP) is 3.42. The van der Waals surface area contributed by atoms with Gasteiger partial charge in [-0.15, -0.1) is 11.3 Å². The van der Waals surface area contributed by atoms with Crippen molar-refractivity contribution in [2.75, 3.05) is 7.11 Å². The van der Waals surface area contributed by atoms with Gasteiger partial charge in [0, 0.05) is 10.9 Å². The number of hydrogen-bond donors (Lipinski definition) is 1. The van der Waals surface area contributed by atoms with Gasteiger partial charge in [-0.3, -0.25) is 4.79 Å². The smallest absolute Gasteiger partial charge is 0.333 e. The third-order valence-corrected chi connectivity index (χ3v) is 4.71. The molecule has 3 aromatic rings. The van der Waals surface area contributed by atoms with Crippen molar-refractivity contribution in [3.05, 3.63) is 64.6 Å². The van der Waals surface area contributed by atoms with Crippen LogP contribution in [0.3, 0.4) is 0 Å². The fraction of sp³-hybridized carbons (Fsp3) is 0.211. The fourth-order valence-electron chi connectivity index (χ4n) is 2.52. The summed E-state index contributed by atoms with van der Waals surface area (Å²) in [4.78, 5) is 28.8. The normalized spacial score (nSPS) is 11.8. The quantitative estimate of drug-likeness (QED) is 0.655. The lowest BCUT2D eigenvalue weighted by atomic mass is 10.1. The number of halogens is 1. The van der Waals surface area contributed by atoms with Crippen molar-refractivity contribution in [2.24, 2.45) is 0 Å². The summed E-state index contributed by atoms with van der Waals surface area (Å²) in [6.45, 7) is 1.83. The number of thiazole rings is 1. The van der Waals surface area contributed by atoms with Gasteiger partial charge in [0.05, 0.1) is 19.2 Å². The molecule has 0 aliphatic heterocycles. The van der Waals surface area contributed by atoms with E-state index in [0.29, 0.717) is 16.5 Å². The number of rotatable bonds is 6. The highest BCUT2D eigenvalue weighted by molar-refractivity contribution is 7.13. The monoisotopic (exact) mass is 388 g/mol. The highest BCUT2D eigenvalue weighted by atomic mass is 32.1. The number of ether oxygens (including phenoxy) is 1. The number of methoxy groups -OCH3 is 1. The van der Waals surface area contributed by atoms with E-state index in [1.165, 1.54) is 36.6 Å².